The van der Waals surface area contributed by atoms with Gasteiger partial charge in [-0.15, -0.1) is 0 Å². The number of nitrogens with zero attached hydrogens (tertiary/aromatic N) is 3. The third kappa shape index (κ3) is 3.81. The molecule has 27 heavy (non-hydrogen) atoms. The van der Waals surface area contributed by atoms with Gasteiger partial charge in [0, 0.05) is 23.2 Å². The van der Waals surface area contributed by atoms with Crippen LogP contribution in [0.1, 0.15) is 35.3 Å². The lowest BCUT2D eigenvalue weighted by Crippen LogP contribution is -2.33. The zero-order valence-electron chi connectivity index (χ0n) is 15.2. The van der Waals surface area contributed by atoms with Crippen LogP contribution < -0.4 is 10.2 Å². The van der Waals surface area contributed by atoms with Crippen LogP contribution in [0.15, 0.2) is 46.9 Å². The second-order valence-electron chi connectivity index (χ2n) is 6.85. The maximum absolute atomic E-state index is 13.1. The van der Waals surface area contributed by atoms with E-state index in [1.807, 2.05) is 49.4 Å². The number of hydrogen-bond donors (Lipinski definition) is 1. The van der Waals surface area contributed by atoms with E-state index < -0.39 is 0 Å². The molecule has 2 aromatic carbocycles. The maximum atomic E-state index is 13.1. The lowest BCUT2D eigenvalue weighted by Gasteiger charge is -2.29. The Morgan fingerprint density at radius 1 is 1.04 bits per heavy atom. The summed E-state index contributed by atoms with van der Waals surface area (Å²) in [6, 6.07) is 13.5. The van der Waals surface area contributed by atoms with E-state index in [4.69, 9.17) is 4.98 Å². The molecular weight excluding hydrogens is 404 g/mol. The summed E-state index contributed by atoms with van der Waals surface area (Å²) >= 11 is 3.46. The number of carbonyl (C=O) groups is 1. The van der Waals surface area contributed by atoms with Crippen LogP contribution in [0.4, 0.5) is 11.5 Å². The molecule has 0 atom stereocenters. The van der Waals surface area contributed by atoms with Gasteiger partial charge in [-0.2, -0.15) is 0 Å². The number of carbonyl (C=O) groups excluding carboxylic acids is 1. The number of anilines is 2. The summed E-state index contributed by atoms with van der Waals surface area (Å²) in [5, 5.41) is 3.01. The first-order valence-corrected chi connectivity index (χ1v) is 10.0. The summed E-state index contributed by atoms with van der Waals surface area (Å²) in [5.41, 5.74) is 3.71. The summed E-state index contributed by atoms with van der Waals surface area (Å²) in [7, 11) is 0. The molecule has 3 aromatic rings. The zero-order valence-corrected chi connectivity index (χ0v) is 16.8. The zero-order chi connectivity index (χ0) is 18.8. The van der Waals surface area contributed by atoms with Crippen LogP contribution in [0.25, 0.3) is 11.0 Å². The number of hydrogen-bond acceptors (Lipinski definition) is 4. The molecule has 6 heteroatoms. The molecule has 0 radical (unpaired) electrons. The molecular formula is C21H21BrN4O. The highest BCUT2D eigenvalue weighted by atomic mass is 79.9. The minimum atomic E-state index is -0.223. The molecule has 138 valence electrons. The summed E-state index contributed by atoms with van der Waals surface area (Å²) in [6.07, 6.45) is 3.44. The van der Waals surface area contributed by atoms with E-state index >= 15 is 0 Å². The van der Waals surface area contributed by atoms with E-state index in [1.165, 1.54) is 6.42 Å². The predicted molar refractivity (Wildman–Crippen MR) is 112 cm³/mol. The van der Waals surface area contributed by atoms with Crippen LogP contribution >= 0.6 is 15.9 Å². The first-order valence-electron chi connectivity index (χ1n) is 9.21. The van der Waals surface area contributed by atoms with Crippen LogP contribution in [0.3, 0.4) is 0 Å². The van der Waals surface area contributed by atoms with Crippen molar-refractivity contribution >= 4 is 44.4 Å². The number of rotatable bonds is 3. The van der Waals surface area contributed by atoms with Crippen LogP contribution in [0.2, 0.25) is 0 Å². The molecule has 1 aromatic heterocycles. The molecule has 0 bridgehead atoms. The third-order valence-corrected chi connectivity index (χ3v) is 5.35. The monoisotopic (exact) mass is 424 g/mol. The fraction of sp³-hybridized carbons (Fsp3) is 0.286. The highest BCUT2D eigenvalue weighted by Gasteiger charge is 2.23. The van der Waals surface area contributed by atoms with Gasteiger partial charge in [0.05, 0.1) is 11.0 Å². The molecule has 2 heterocycles. The van der Waals surface area contributed by atoms with Gasteiger partial charge in [0.15, 0.2) is 11.5 Å². The van der Waals surface area contributed by atoms with Crippen molar-refractivity contribution in [2.75, 3.05) is 23.3 Å². The molecule has 4 rings (SSSR count). The predicted octanol–water partition coefficient (Wildman–Crippen LogP) is 4.94. The largest absolute Gasteiger partial charge is 0.355 e. The van der Waals surface area contributed by atoms with Crippen LogP contribution in [-0.2, 0) is 0 Å². The smallest absolute Gasteiger partial charge is 0.278 e. The van der Waals surface area contributed by atoms with Gasteiger partial charge in [-0.05, 0) is 62.1 Å². The number of nitrogens with one attached hydrogen (secondary N) is 1. The number of aryl methyl sites for hydroxylation is 1. The average Bonchev–Trinajstić information content (AvgIpc) is 2.69. The number of fused-ring (bicyclic) bond motifs is 1. The van der Waals surface area contributed by atoms with Crippen molar-refractivity contribution in [3.63, 3.8) is 0 Å². The molecule has 0 spiro atoms. The van der Waals surface area contributed by atoms with Gasteiger partial charge < -0.3 is 10.2 Å². The van der Waals surface area contributed by atoms with Crippen molar-refractivity contribution in [1.29, 1.82) is 0 Å². The fourth-order valence-corrected chi connectivity index (χ4v) is 3.89. The average molecular weight is 425 g/mol. The van der Waals surface area contributed by atoms with E-state index in [1.54, 1.807) is 0 Å². The SMILES string of the molecule is Cc1cc(Br)ccc1NC(=O)c1nc2ccccc2nc1N1CCCCC1. The molecule has 0 aliphatic carbocycles. The molecule has 1 amide bonds. The summed E-state index contributed by atoms with van der Waals surface area (Å²) in [5.74, 6) is 0.458. The normalized spacial score (nSPS) is 14.4. The van der Waals surface area contributed by atoms with Crippen LogP contribution in [0, 0.1) is 6.92 Å². The van der Waals surface area contributed by atoms with Gasteiger partial charge >= 0.3 is 0 Å². The molecule has 1 N–H and O–H groups in total. The summed E-state index contributed by atoms with van der Waals surface area (Å²) < 4.78 is 0.984. The minimum Gasteiger partial charge on any atom is -0.355 e. The molecule has 0 unspecified atom stereocenters. The van der Waals surface area contributed by atoms with Gasteiger partial charge in [-0.25, -0.2) is 9.97 Å². The van der Waals surface area contributed by atoms with E-state index in [2.05, 4.69) is 31.1 Å². The van der Waals surface area contributed by atoms with Crippen molar-refractivity contribution in [2.24, 2.45) is 0 Å². The molecule has 5 nitrogen and oxygen atoms in total. The van der Waals surface area contributed by atoms with Crippen LogP contribution in [-0.4, -0.2) is 29.0 Å². The highest BCUT2D eigenvalue weighted by molar-refractivity contribution is 9.10. The Morgan fingerprint density at radius 2 is 1.74 bits per heavy atom. The Bertz CT molecular complexity index is 999. The maximum Gasteiger partial charge on any atom is 0.278 e. The number of aromatic nitrogens is 2. The van der Waals surface area contributed by atoms with Crippen LogP contribution in [0.5, 0.6) is 0 Å². The van der Waals surface area contributed by atoms with Gasteiger partial charge in [0.2, 0.25) is 0 Å². The minimum absolute atomic E-state index is 0.223. The number of para-hydroxylation sites is 2. The van der Waals surface area contributed by atoms with E-state index in [-0.39, 0.29) is 5.91 Å². The Morgan fingerprint density at radius 3 is 2.44 bits per heavy atom. The summed E-state index contributed by atoms with van der Waals surface area (Å²) in [6.45, 7) is 3.78. The second kappa shape index (κ2) is 7.64. The van der Waals surface area contributed by atoms with Crippen molar-refractivity contribution in [1.82, 2.24) is 9.97 Å². The Kier molecular flexibility index (Phi) is 5.07. The highest BCUT2D eigenvalue weighted by Crippen LogP contribution is 2.26. The van der Waals surface area contributed by atoms with E-state index in [0.29, 0.717) is 11.5 Å². The number of halogens is 1. The summed E-state index contributed by atoms with van der Waals surface area (Å²) in [4.78, 5) is 24.8. The lowest BCUT2D eigenvalue weighted by molar-refractivity contribution is 0.102. The van der Waals surface area contributed by atoms with Crippen molar-refractivity contribution in [3.05, 3.63) is 58.2 Å². The van der Waals surface area contributed by atoms with Gasteiger partial charge in [0.1, 0.15) is 0 Å². The topological polar surface area (TPSA) is 58.1 Å². The number of benzene rings is 2. The fourth-order valence-electron chi connectivity index (χ4n) is 3.42. The van der Waals surface area contributed by atoms with E-state index in [9.17, 15) is 4.79 Å². The van der Waals surface area contributed by atoms with Gasteiger partial charge in [-0.1, -0.05) is 28.1 Å². The first kappa shape index (κ1) is 17.9. The lowest BCUT2D eigenvalue weighted by atomic mass is 10.1. The Balaban J connectivity index is 1.74. The molecule has 1 aliphatic rings. The Hall–Kier alpha value is -2.47. The molecule has 1 fully saturated rings. The molecule has 0 saturated carbocycles. The van der Waals surface area contributed by atoms with Crippen molar-refractivity contribution < 1.29 is 4.79 Å². The van der Waals surface area contributed by atoms with Gasteiger partial charge in [0.25, 0.3) is 5.91 Å². The van der Waals surface area contributed by atoms with Gasteiger partial charge in [-0.3, -0.25) is 4.79 Å². The quantitative estimate of drug-likeness (QED) is 0.646. The van der Waals surface area contributed by atoms with E-state index in [0.717, 1.165) is 52.7 Å². The second-order valence-corrected chi connectivity index (χ2v) is 7.76. The van der Waals surface area contributed by atoms with Crippen molar-refractivity contribution in [2.45, 2.75) is 26.2 Å². The molecule has 1 saturated heterocycles. The molecule has 1 aliphatic heterocycles. The third-order valence-electron chi connectivity index (χ3n) is 4.86. The standard InChI is InChI=1S/C21H21BrN4O/c1-14-13-15(22)9-10-16(14)25-21(27)19-20(26-11-5-2-6-12-26)24-18-8-4-3-7-17(18)23-19/h3-4,7-10,13H,2,5-6,11-12H2,1H3,(H,25,27). The first-order chi connectivity index (χ1) is 13.1. The number of piperidine rings is 1. The Labute approximate surface area is 166 Å². The number of amides is 1. The van der Waals surface area contributed by atoms with Crippen molar-refractivity contribution in [3.8, 4) is 0 Å².